The van der Waals surface area contributed by atoms with E-state index in [4.69, 9.17) is 9.47 Å². The van der Waals surface area contributed by atoms with Crippen molar-refractivity contribution in [1.29, 1.82) is 5.26 Å². The van der Waals surface area contributed by atoms with E-state index < -0.39 is 0 Å². The number of carbonyl (C=O) groups excluding carboxylic acids is 2. The second kappa shape index (κ2) is 8.41. The number of carbonyl (C=O) groups is 2. The van der Waals surface area contributed by atoms with Crippen molar-refractivity contribution in [1.82, 2.24) is 5.32 Å². The molecule has 2 rings (SSSR count). The van der Waals surface area contributed by atoms with Crippen LogP contribution in [0.4, 0.5) is 0 Å². The summed E-state index contributed by atoms with van der Waals surface area (Å²) in [5.41, 5.74) is 1.27. The summed E-state index contributed by atoms with van der Waals surface area (Å²) in [6.45, 7) is 2.02. The summed E-state index contributed by atoms with van der Waals surface area (Å²) in [4.78, 5) is 23.5. The molecular weight excluding hydrogens is 328 g/mol. The number of nitrogens with one attached hydrogen (secondary N) is 1. The van der Waals surface area contributed by atoms with Gasteiger partial charge in [0, 0.05) is 12.3 Å². The number of ether oxygens (including phenoxy) is 2. The number of amides is 1. The molecule has 1 aliphatic heterocycles. The molecule has 1 atom stereocenters. The number of benzene rings is 1. The van der Waals surface area contributed by atoms with Gasteiger partial charge in [0.1, 0.15) is 5.75 Å². The molecule has 0 aromatic heterocycles. The Bertz CT molecular complexity index is 709. The lowest BCUT2D eigenvalue weighted by Crippen LogP contribution is -2.31. The van der Waals surface area contributed by atoms with Crippen LogP contribution in [-0.2, 0) is 14.3 Å². The third-order valence-corrected chi connectivity index (χ3v) is 4.48. The second-order valence-corrected chi connectivity index (χ2v) is 6.02. The van der Waals surface area contributed by atoms with Gasteiger partial charge in [-0.1, -0.05) is 23.9 Å². The minimum absolute atomic E-state index is 0.0411. The molecule has 0 spiro atoms. The van der Waals surface area contributed by atoms with Gasteiger partial charge in [0.25, 0.3) is 0 Å². The maximum absolute atomic E-state index is 12.0. The summed E-state index contributed by atoms with van der Waals surface area (Å²) < 4.78 is 10.1. The minimum Gasteiger partial charge on any atom is -0.497 e. The number of nitriles is 1. The van der Waals surface area contributed by atoms with Gasteiger partial charge in [0.15, 0.2) is 0 Å². The molecule has 0 bridgehead atoms. The fourth-order valence-corrected chi connectivity index (χ4v) is 3.28. The standard InChI is InChI=1S/C17H18N2O4S/c1-3-23-16(21)10-24-17-14(9-18)13(8-15(20)19-17)11-5-4-6-12(7-11)22-2/h4-7,13H,3,8,10H2,1-2H3,(H,19,20)/t13-/m1/s1. The number of hydrogen-bond donors (Lipinski definition) is 1. The van der Waals surface area contributed by atoms with Crippen molar-refractivity contribution in [2.75, 3.05) is 19.5 Å². The van der Waals surface area contributed by atoms with Crippen molar-refractivity contribution >= 4 is 23.6 Å². The van der Waals surface area contributed by atoms with Crippen LogP contribution in [-0.4, -0.2) is 31.3 Å². The Morgan fingerprint density at radius 1 is 1.50 bits per heavy atom. The molecule has 0 saturated carbocycles. The maximum Gasteiger partial charge on any atom is 0.316 e. The number of allylic oxidation sites excluding steroid dienone is 1. The molecule has 0 fully saturated rings. The average Bonchev–Trinajstić information content (AvgIpc) is 2.59. The lowest BCUT2D eigenvalue weighted by Gasteiger charge is -2.25. The highest BCUT2D eigenvalue weighted by Crippen LogP contribution is 2.36. The average molecular weight is 346 g/mol. The lowest BCUT2D eigenvalue weighted by molar-refractivity contribution is -0.139. The summed E-state index contributed by atoms with van der Waals surface area (Å²) in [6.07, 6.45) is 0.180. The van der Waals surface area contributed by atoms with Gasteiger partial charge in [-0.3, -0.25) is 9.59 Å². The number of hydrogen-bond acceptors (Lipinski definition) is 6. The molecule has 0 radical (unpaired) electrons. The molecule has 1 aliphatic rings. The number of nitrogens with zero attached hydrogens (tertiary/aromatic N) is 1. The molecule has 0 unspecified atom stereocenters. The van der Waals surface area contributed by atoms with Crippen molar-refractivity contribution in [3.63, 3.8) is 0 Å². The summed E-state index contributed by atoms with van der Waals surface area (Å²) in [5, 5.41) is 12.7. The van der Waals surface area contributed by atoms with Gasteiger partial charge in [-0.2, -0.15) is 5.26 Å². The molecule has 1 heterocycles. The predicted molar refractivity (Wildman–Crippen MR) is 90.2 cm³/mol. The Morgan fingerprint density at radius 3 is 2.96 bits per heavy atom. The highest BCUT2D eigenvalue weighted by molar-refractivity contribution is 8.03. The second-order valence-electron chi connectivity index (χ2n) is 5.03. The molecule has 1 aromatic carbocycles. The first-order chi connectivity index (χ1) is 11.6. The largest absolute Gasteiger partial charge is 0.497 e. The van der Waals surface area contributed by atoms with Crippen molar-refractivity contribution in [3.8, 4) is 11.8 Å². The third kappa shape index (κ3) is 4.30. The van der Waals surface area contributed by atoms with Crippen molar-refractivity contribution < 1.29 is 19.1 Å². The Hall–Kier alpha value is -2.46. The maximum atomic E-state index is 12.0. The van der Waals surface area contributed by atoms with Crippen LogP contribution in [0.5, 0.6) is 5.75 Å². The molecule has 0 saturated heterocycles. The normalized spacial score (nSPS) is 17.0. The zero-order valence-electron chi connectivity index (χ0n) is 13.5. The van der Waals surface area contributed by atoms with Gasteiger partial charge in [-0.15, -0.1) is 0 Å². The monoisotopic (exact) mass is 346 g/mol. The van der Waals surface area contributed by atoms with Gasteiger partial charge >= 0.3 is 5.97 Å². The summed E-state index contributed by atoms with van der Waals surface area (Å²) >= 11 is 1.11. The van der Waals surface area contributed by atoms with E-state index in [1.54, 1.807) is 20.1 Å². The molecule has 6 nitrogen and oxygen atoms in total. The van der Waals surface area contributed by atoms with E-state index in [1.807, 2.05) is 18.2 Å². The van der Waals surface area contributed by atoms with Crippen molar-refractivity contribution in [3.05, 3.63) is 40.4 Å². The van der Waals surface area contributed by atoms with Crippen LogP contribution >= 0.6 is 11.8 Å². The van der Waals surface area contributed by atoms with E-state index in [1.165, 1.54) is 0 Å². The predicted octanol–water partition coefficient (Wildman–Crippen LogP) is 2.33. The minimum atomic E-state index is -0.384. The first kappa shape index (κ1) is 17.9. The quantitative estimate of drug-likeness (QED) is 0.795. The van der Waals surface area contributed by atoms with Crippen LogP contribution < -0.4 is 10.1 Å². The Kier molecular flexibility index (Phi) is 6.27. The zero-order valence-corrected chi connectivity index (χ0v) is 14.3. The SMILES string of the molecule is CCOC(=O)CSC1=C(C#N)[C@@H](c2cccc(OC)c2)CC(=O)N1. The molecular formula is C17H18N2O4S. The van der Waals surface area contributed by atoms with Gasteiger partial charge in [0.05, 0.1) is 36.1 Å². The van der Waals surface area contributed by atoms with Crippen LogP contribution in [0.2, 0.25) is 0 Å². The first-order valence-electron chi connectivity index (χ1n) is 7.45. The van der Waals surface area contributed by atoms with E-state index >= 15 is 0 Å². The van der Waals surface area contributed by atoms with E-state index in [2.05, 4.69) is 11.4 Å². The topological polar surface area (TPSA) is 88.4 Å². The summed E-state index contributed by atoms with van der Waals surface area (Å²) in [5.74, 6) is -0.224. The van der Waals surface area contributed by atoms with E-state index in [0.717, 1.165) is 17.3 Å². The highest BCUT2D eigenvalue weighted by Gasteiger charge is 2.30. The molecule has 1 N–H and O–H groups in total. The van der Waals surface area contributed by atoms with Crippen molar-refractivity contribution in [2.24, 2.45) is 0 Å². The molecule has 1 aromatic rings. The highest BCUT2D eigenvalue weighted by atomic mass is 32.2. The fraction of sp³-hybridized carbons (Fsp3) is 0.353. The van der Waals surface area contributed by atoms with Gasteiger partial charge in [-0.05, 0) is 24.6 Å². The van der Waals surface area contributed by atoms with Crippen LogP contribution in [0.1, 0.15) is 24.8 Å². The van der Waals surface area contributed by atoms with Crippen molar-refractivity contribution in [2.45, 2.75) is 19.3 Å². The number of esters is 1. The molecule has 0 aliphatic carbocycles. The Morgan fingerprint density at radius 2 is 2.29 bits per heavy atom. The van der Waals surface area contributed by atoms with E-state index in [-0.39, 0.29) is 30.0 Å². The first-order valence-corrected chi connectivity index (χ1v) is 8.44. The molecule has 126 valence electrons. The molecule has 1 amide bonds. The fourth-order valence-electron chi connectivity index (χ4n) is 2.41. The van der Waals surface area contributed by atoms with Crippen LogP contribution in [0.15, 0.2) is 34.9 Å². The van der Waals surface area contributed by atoms with Gasteiger partial charge in [-0.25, -0.2) is 0 Å². The van der Waals surface area contributed by atoms with Crippen LogP contribution in [0.3, 0.4) is 0 Å². The smallest absolute Gasteiger partial charge is 0.316 e. The molecule has 24 heavy (non-hydrogen) atoms. The van der Waals surface area contributed by atoms with Gasteiger partial charge in [0.2, 0.25) is 5.91 Å². The number of methoxy groups -OCH3 is 1. The van der Waals surface area contributed by atoms with Crippen LogP contribution in [0.25, 0.3) is 0 Å². The Balaban J connectivity index is 2.29. The van der Waals surface area contributed by atoms with E-state index in [9.17, 15) is 14.9 Å². The zero-order chi connectivity index (χ0) is 17.5. The Labute approximate surface area is 144 Å². The van der Waals surface area contributed by atoms with E-state index in [0.29, 0.717) is 23.0 Å². The van der Waals surface area contributed by atoms with Gasteiger partial charge < -0.3 is 14.8 Å². The summed E-state index contributed by atoms with van der Waals surface area (Å²) in [7, 11) is 1.56. The summed E-state index contributed by atoms with van der Waals surface area (Å²) in [6, 6.07) is 9.46. The lowest BCUT2D eigenvalue weighted by atomic mass is 9.87. The molecule has 7 heteroatoms. The van der Waals surface area contributed by atoms with Crippen LogP contribution in [0, 0.1) is 11.3 Å². The number of rotatable bonds is 6. The number of thioether (sulfide) groups is 1. The third-order valence-electron chi connectivity index (χ3n) is 3.49.